The molecule has 0 amide bonds. The van der Waals surface area contributed by atoms with E-state index in [2.05, 4.69) is 24.0 Å². The van der Waals surface area contributed by atoms with Crippen molar-refractivity contribution in [3.05, 3.63) is 0 Å². The van der Waals surface area contributed by atoms with E-state index in [-0.39, 0.29) is 0 Å². The summed E-state index contributed by atoms with van der Waals surface area (Å²) in [7, 11) is 2.03. The van der Waals surface area contributed by atoms with Gasteiger partial charge < -0.3 is 10.1 Å². The quantitative estimate of drug-likeness (QED) is 0.728. The van der Waals surface area contributed by atoms with Crippen LogP contribution in [0.25, 0.3) is 0 Å². The van der Waals surface area contributed by atoms with Gasteiger partial charge in [0, 0.05) is 23.7 Å². The van der Waals surface area contributed by atoms with Crippen molar-refractivity contribution in [1.82, 2.24) is 5.32 Å². The third-order valence-corrected chi connectivity index (χ3v) is 4.55. The van der Waals surface area contributed by atoms with Gasteiger partial charge in [-0.05, 0) is 26.8 Å². The topological polar surface area (TPSA) is 21.3 Å². The summed E-state index contributed by atoms with van der Waals surface area (Å²) >= 11 is 2.14. The highest BCUT2D eigenvalue weighted by molar-refractivity contribution is 7.99. The van der Waals surface area contributed by atoms with Crippen LogP contribution in [0.5, 0.6) is 0 Å². The van der Waals surface area contributed by atoms with Crippen molar-refractivity contribution in [1.29, 1.82) is 0 Å². The van der Waals surface area contributed by atoms with Gasteiger partial charge in [-0.1, -0.05) is 19.3 Å². The van der Waals surface area contributed by atoms with Crippen LogP contribution in [0.4, 0.5) is 0 Å². The molecule has 0 aliphatic heterocycles. The lowest BCUT2D eigenvalue weighted by molar-refractivity contribution is 0.131. The molecule has 0 aromatic carbocycles. The predicted octanol–water partition coefficient (Wildman–Crippen LogP) is 2.68. The smallest absolute Gasteiger partial charge is 0.0627 e. The van der Waals surface area contributed by atoms with Gasteiger partial charge in [0.2, 0.25) is 0 Å². The molecule has 1 fully saturated rings. The van der Waals surface area contributed by atoms with Crippen LogP contribution in [0.15, 0.2) is 0 Å². The Morgan fingerprint density at radius 1 is 1.33 bits per heavy atom. The van der Waals surface area contributed by atoms with Crippen molar-refractivity contribution < 1.29 is 4.74 Å². The summed E-state index contributed by atoms with van der Waals surface area (Å²) in [6.07, 6.45) is 7.18. The van der Waals surface area contributed by atoms with E-state index >= 15 is 0 Å². The SMILES string of the molecule is CCOCC(CSC1CCCCC1)NC. The van der Waals surface area contributed by atoms with Gasteiger partial charge in [0.15, 0.2) is 0 Å². The van der Waals surface area contributed by atoms with E-state index in [9.17, 15) is 0 Å². The standard InChI is InChI=1S/C12H25NOS/c1-3-14-9-11(13-2)10-15-12-7-5-4-6-8-12/h11-13H,3-10H2,1-2H3. The molecule has 15 heavy (non-hydrogen) atoms. The Bertz CT molecular complexity index is 149. The zero-order valence-electron chi connectivity index (χ0n) is 10.1. The summed E-state index contributed by atoms with van der Waals surface area (Å²) in [5.41, 5.74) is 0. The van der Waals surface area contributed by atoms with Gasteiger partial charge in [-0.2, -0.15) is 11.8 Å². The lowest BCUT2D eigenvalue weighted by Gasteiger charge is -2.23. The molecule has 2 nitrogen and oxygen atoms in total. The van der Waals surface area contributed by atoms with E-state index in [1.165, 1.54) is 37.9 Å². The van der Waals surface area contributed by atoms with Gasteiger partial charge >= 0.3 is 0 Å². The average Bonchev–Trinajstić information content (AvgIpc) is 2.31. The maximum absolute atomic E-state index is 5.45. The molecule has 1 rings (SSSR count). The zero-order chi connectivity index (χ0) is 10.9. The highest BCUT2D eigenvalue weighted by Crippen LogP contribution is 2.28. The summed E-state index contributed by atoms with van der Waals surface area (Å²) in [6.45, 7) is 3.74. The first-order chi connectivity index (χ1) is 7.36. The largest absolute Gasteiger partial charge is 0.380 e. The zero-order valence-corrected chi connectivity index (χ0v) is 10.9. The molecule has 0 spiro atoms. The molecule has 1 unspecified atom stereocenters. The number of nitrogens with one attached hydrogen (secondary N) is 1. The molecule has 0 saturated heterocycles. The number of likely N-dealkylation sites (N-methyl/N-ethyl adjacent to an activating group) is 1. The molecule has 0 heterocycles. The first kappa shape index (κ1) is 13.3. The van der Waals surface area contributed by atoms with Crippen LogP contribution in [-0.4, -0.2) is 37.3 Å². The van der Waals surface area contributed by atoms with Crippen molar-refractivity contribution in [3.63, 3.8) is 0 Å². The first-order valence-electron chi connectivity index (χ1n) is 6.23. The van der Waals surface area contributed by atoms with Gasteiger partial charge in [-0.3, -0.25) is 0 Å². The first-order valence-corrected chi connectivity index (χ1v) is 7.28. The Morgan fingerprint density at radius 3 is 2.67 bits per heavy atom. The van der Waals surface area contributed by atoms with Gasteiger partial charge in [0.25, 0.3) is 0 Å². The molecule has 1 atom stereocenters. The number of hydrogen-bond donors (Lipinski definition) is 1. The molecule has 90 valence electrons. The Kier molecular flexibility index (Phi) is 7.49. The summed E-state index contributed by atoms with van der Waals surface area (Å²) in [4.78, 5) is 0. The molecule has 0 radical (unpaired) electrons. The molecule has 0 bridgehead atoms. The third kappa shape index (κ3) is 5.79. The van der Waals surface area contributed by atoms with Gasteiger partial charge in [0.05, 0.1) is 6.61 Å². The van der Waals surface area contributed by atoms with Gasteiger partial charge in [-0.15, -0.1) is 0 Å². The fraction of sp³-hybridized carbons (Fsp3) is 1.00. The van der Waals surface area contributed by atoms with E-state index in [0.29, 0.717) is 6.04 Å². The Balaban J connectivity index is 2.09. The summed E-state index contributed by atoms with van der Waals surface area (Å²) in [5, 5.41) is 4.24. The van der Waals surface area contributed by atoms with Crippen LogP contribution in [-0.2, 0) is 4.74 Å². The number of hydrogen-bond acceptors (Lipinski definition) is 3. The Labute approximate surface area is 98.5 Å². The van der Waals surface area contributed by atoms with Gasteiger partial charge in [-0.25, -0.2) is 0 Å². The number of thioether (sulfide) groups is 1. The van der Waals surface area contributed by atoms with Crippen molar-refractivity contribution in [2.45, 2.75) is 50.3 Å². The van der Waals surface area contributed by atoms with E-state index in [0.717, 1.165) is 18.5 Å². The van der Waals surface area contributed by atoms with Crippen LogP contribution >= 0.6 is 11.8 Å². The lowest BCUT2D eigenvalue weighted by Crippen LogP contribution is -2.33. The minimum atomic E-state index is 0.525. The number of rotatable bonds is 7. The molecule has 1 N–H and O–H groups in total. The molecule has 1 aliphatic rings. The highest BCUT2D eigenvalue weighted by atomic mass is 32.2. The van der Waals surface area contributed by atoms with Crippen LogP contribution in [0.3, 0.4) is 0 Å². The molecule has 3 heteroatoms. The third-order valence-electron chi connectivity index (χ3n) is 3.02. The van der Waals surface area contributed by atoms with Crippen LogP contribution in [0.1, 0.15) is 39.0 Å². The number of ether oxygens (including phenoxy) is 1. The maximum atomic E-state index is 5.45. The van der Waals surface area contributed by atoms with Gasteiger partial charge in [0.1, 0.15) is 0 Å². The molecule has 1 saturated carbocycles. The normalized spacial score (nSPS) is 20.4. The maximum Gasteiger partial charge on any atom is 0.0627 e. The molecule has 0 aromatic rings. The molecule has 1 aliphatic carbocycles. The van der Waals surface area contributed by atoms with Crippen molar-refractivity contribution in [2.75, 3.05) is 26.0 Å². The van der Waals surface area contributed by atoms with Crippen LogP contribution in [0, 0.1) is 0 Å². The highest BCUT2D eigenvalue weighted by Gasteiger charge is 2.15. The van der Waals surface area contributed by atoms with Crippen LogP contribution in [0.2, 0.25) is 0 Å². The summed E-state index contributed by atoms with van der Waals surface area (Å²) in [5.74, 6) is 1.20. The lowest BCUT2D eigenvalue weighted by atomic mass is 10.0. The van der Waals surface area contributed by atoms with E-state index in [1.54, 1.807) is 0 Å². The second kappa shape index (κ2) is 8.43. The second-order valence-electron chi connectivity index (χ2n) is 4.24. The minimum Gasteiger partial charge on any atom is -0.380 e. The Morgan fingerprint density at radius 2 is 2.07 bits per heavy atom. The fourth-order valence-electron chi connectivity index (χ4n) is 1.96. The van der Waals surface area contributed by atoms with E-state index in [1.807, 2.05) is 7.05 Å². The fourth-order valence-corrected chi connectivity index (χ4v) is 3.39. The summed E-state index contributed by atoms with van der Waals surface area (Å²) in [6, 6.07) is 0.525. The molecular formula is C12H25NOS. The molecule has 0 aromatic heterocycles. The average molecular weight is 231 g/mol. The van der Waals surface area contributed by atoms with Crippen molar-refractivity contribution in [3.8, 4) is 0 Å². The predicted molar refractivity (Wildman–Crippen MR) is 68.7 cm³/mol. The second-order valence-corrected chi connectivity index (χ2v) is 5.57. The summed E-state index contributed by atoms with van der Waals surface area (Å²) < 4.78 is 5.45. The molecular weight excluding hydrogens is 206 g/mol. The van der Waals surface area contributed by atoms with E-state index in [4.69, 9.17) is 4.74 Å². The van der Waals surface area contributed by atoms with Crippen molar-refractivity contribution >= 4 is 11.8 Å². The van der Waals surface area contributed by atoms with Crippen molar-refractivity contribution in [2.24, 2.45) is 0 Å². The Hall–Kier alpha value is 0.270. The van der Waals surface area contributed by atoms with E-state index < -0.39 is 0 Å². The monoisotopic (exact) mass is 231 g/mol. The van der Waals surface area contributed by atoms with Crippen LogP contribution < -0.4 is 5.32 Å². The minimum absolute atomic E-state index is 0.525.